The predicted molar refractivity (Wildman–Crippen MR) is 144 cm³/mol. The molecular formula is C26H29BrFN7O2. The molecule has 11 heteroatoms. The van der Waals surface area contributed by atoms with Crippen LogP contribution in [0.25, 0.3) is 21.9 Å². The molecule has 194 valence electrons. The molecule has 0 saturated carbocycles. The Balaban J connectivity index is 1.56. The van der Waals surface area contributed by atoms with E-state index in [-0.39, 0.29) is 13.0 Å². The molecule has 0 N–H and O–H groups in total. The average Bonchev–Trinajstić information content (AvgIpc) is 3.35. The van der Waals surface area contributed by atoms with Gasteiger partial charge in [0.2, 0.25) is 5.95 Å². The third-order valence-corrected chi connectivity index (χ3v) is 8.05. The molecule has 0 aliphatic carbocycles. The average molecular weight is 570 g/mol. The summed E-state index contributed by atoms with van der Waals surface area (Å²) in [4.78, 5) is 30.4. The molecule has 0 radical (unpaired) electrons. The highest BCUT2D eigenvalue weighted by Crippen LogP contribution is 2.39. The Hall–Kier alpha value is -3.23. The van der Waals surface area contributed by atoms with Gasteiger partial charge in [-0.1, -0.05) is 20.4 Å². The second kappa shape index (κ2) is 10.3. The first kappa shape index (κ1) is 25.4. The van der Waals surface area contributed by atoms with Crippen LogP contribution in [0.3, 0.4) is 0 Å². The molecule has 1 atom stereocenters. The number of aromatic nitrogens is 2. The summed E-state index contributed by atoms with van der Waals surface area (Å²) in [6, 6.07) is 5.97. The molecule has 0 unspecified atom stereocenters. The molecule has 5 rings (SSSR count). The summed E-state index contributed by atoms with van der Waals surface area (Å²) < 4.78 is 20.5. The Morgan fingerprint density at radius 1 is 1.27 bits per heavy atom. The van der Waals surface area contributed by atoms with Crippen LogP contribution < -0.4 is 9.80 Å². The number of rotatable bonds is 7. The molecule has 37 heavy (non-hydrogen) atoms. The minimum atomic E-state index is -1.02. The van der Waals surface area contributed by atoms with Gasteiger partial charge in [-0.15, -0.1) is 0 Å². The Morgan fingerprint density at radius 3 is 2.70 bits per heavy atom. The molecule has 9 nitrogen and oxygen atoms in total. The highest BCUT2D eigenvalue weighted by atomic mass is 79.9. The largest absolute Gasteiger partial charge is 0.463 e. The van der Waals surface area contributed by atoms with Crippen LogP contribution in [0.15, 0.2) is 39.7 Å². The van der Waals surface area contributed by atoms with Crippen molar-refractivity contribution in [2.75, 3.05) is 55.6 Å². The normalized spacial score (nSPS) is 18.5. The van der Waals surface area contributed by atoms with Gasteiger partial charge in [0.25, 0.3) is 5.91 Å². The summed E-state index contributed by atoms with van der Waals surface area (Å²) in [5, 5.41) is 11.1. The van der Waals surface area contributed by atoms with Gasteiger partial charge in [-0.25, -0.2) is 9.37 Å². The summed E-state index contributed by atoms with van der Waals surface area (Å²) in [5.41, 5.74) is 1.41. The number of carbonyl (C=O) groups is 1. The van der Waals surface area contributed by atoms with Gasteiger partial charge in [0.1, 0.15) is 11.4 Å². The molecule has 2 aliphatic rings. The molecular weight excluding hydrogens is 541 g/mol. The van der Waals surface area contributed by atoms with E-state index in [2.05, 4.69) is 57.1 Å². The Morgan fingerprint density at radius 2 is 2.03 bits per heavy atom. The fraction of sp³-hybridized carbons (Fsp3) is 0.462. The topological polar surface area (TPSA) is 92.7 Å². The van der Waals surface area contributed by atoms with Gasteiger partial charge in [0.15, 0.2) is 5.83 Å². The zero-order valence-electron chi connectivity index (χ0n) is 21.0. The monoisotopic (exact) mass is 569 g/mol. The van der Waals surface area contributed by atoms with Crippen LogP contribution in [0.4, 0.5) is 16.2 Å². The van der Waals surface area contributed by atoms with Crippen molar-refractivity contribution in [1.82, 2.24) is 19.8 Å². The van der Waals surface area contributed by atoms with Crippen molar-refractivity contribution in [3.05, 3.63) is 35.3 Å². The van der Waals surface area contributed by atoms with Crippen LogP contribution in [-0.2, 0) is 4.79 Å². The van der Waals surface area contributed by atoms with Crippen molar-refractivity contribution in [1.29, 1.82) is 5.26 Å². The summed E-state index contributed by atoms with van der Waals surface area (Å²) in [6.45, 7) is 12.2. The fourth-order valence-electron chi connectivity index (χ4n) is 5.38. The first-order valence-electron chi connectivity index (χ1n) is 12.5. The standard InChI is InChI=1S/C26H29BrFN7O2/c1-4-32(5-2)18-14-34(15-18)26-30-21-12-20(27)19-7-11-37-23(19)22(21)24(31-26)33-9-10-35(25(36)16(3)28)17(13-33)6-8-29/h7,11-12,17-18H,3-6,9-10,13-15H2,1-2H3/t17-/m0/s1. The third-order valence-electron chi connectivity index (χ3n) is 7.40. The smallest absolute Gasteiger partial charge is 0.282 e. The van der Waals surface area contributed by atoms with Crippen LogP contribution >= 0.6 is 15.9 Å². The number of halogens is 2. The number of nitrogens with zero attached hydrogens (tertiary/aromatic N) is 7. The number of fused-ring (bicyclic) bond motifs is 3. The maximum absolute atomic E-state index is 13.7. The number of hydrogen-bond acceptors (Lipinski definition) is 8. The van der Waals surface area contributed by atoms with Crippen molar-refractivity contribution in [3.63, 3.8) is 0 Å². The van der Waals surface area contributed by atoms with E-state index < -0.39 is 17.8 Å². The maximum atomic E-state index is 13.7. The number of piperazine rings is 1. The predicted octanol–water partition coefficient (Wildman–Crippen LogP) is 4.08. The Bertz CT molecular complexity index is 1390. The zero-order chi connectivity index (χ0) is 26.3. The third kappa shape index (κ3) is 4.53. The van der Waals surface area contributed by atoms with Gasteiger partial charge in [0, 0.05) is 48.6 Å². The van der Waals surface area contributed by atoms with E-state index in [0.717, 1.165) is 46.9 Å². The van der Waals surface area contributed by atoms with Gasteiger partial charge in [-0.3, -0.25) is 9.69 Å². The maximum Gasteiger partial charge on any atom is 0.282 e. The van der Waals surface area contributed by atoms with E-state index in [1.807, 2.05) is 12.1 Å². The molecule has 2 saturated heterocycles. The summed E-state index contributed by atoms with van der Waals surface area (Å²) in [6.07, 6.45) is 1.71. The van der Waals surface area contributed by atoms with Crippen LogP contribution in [0.5, 0.6) is 0 Å². The van der Waals surface area contributed by atoms with Gasteiger partial charge in [0.05, 0.1) is 35.7 Å². The Kier molecular flexibility index (Phi) is 7.05. The van der Waals surface area contributed by atoms with Crippen molar-refractivity contribution in [3.8, 4) is 6.07 Å². The van der Waals surface area contributed by atoms with Crippen molar-refractivity contribution in [2.45, 2.75) is 32.4 Å². The van der Waals surface area contributed by atoms with Crippen molar-refractivity contribution < 1.29 is 13.6 Å². The molecule has 0 spiro atoms. The van der Waals surface area contributed by atoms with Gasteiger partial charge >= 0.3 is 0 Å². The number of likely N-dealkylation sites (N-methyl/N-ethyl adjacent to an activating group) is 1. The molecule has 3 aromatic rings. The lowest BCUT2D eigenvalue weighted by Crippen LogP contribution is -2.60. The highest BCUT2D eigenvalue weighted by Gasteiger charge is 2.36. The summed E-state index contributed by atoms with van der Waals surface area (Å²) in [5.74, 6) is -0.466. The van der Waals surface area contributed by atoms with Crippen LogP contribution in [-0.4, -0.2) is 83.6 Å². The van der Waals surface area contributed by atoms with Gasteiger partial charge in [-0.2, -0.15) is 10.2 Å². The lowest BCUT2D eigenvalue weighted by molar-refractivity contribution is -0.131. The second-order valence-corrected chi connectivity index (χ2v) is 10.3. The Labute approximate surface area is 223 Å². The van der Waals surface area contributed by atoms with Gasteiger partial charge in [-0.05, 0) is 41.2 Å². The molecule has 0 bridgehead atoms. The number of anilines is 2. The number of nitriles is 1. The quantitative estimate of drug-likeness (QED) is 0.393. The lowest BCUT2D eigenvalue weighted by atomic mass is 10.1. The minimum absolute atomic E-state index is 0.0742. The zero-order valence-corrected chi connectivity index (χ0v) is 22.5. The van der Waals surface area contributed by atoms with E-state index in [1.54, 1.807) is 6.26 Å². The van der Waals surface area contributed by atoms with Crippen molar-refractivity contribution in [2.24, 2.45) is 0 Å². The summed E-state index contributed by atoms with van der Waals surface area (Å²) >= 11 is 3.65. The van der Waals surface area contributed by atoms with E-state index in [1.165, 1.54) is 4.90 Å². The number of amides is 1. The highest BCUT2D eigenvalue weighted by molar-refractivity contribution is 9.10. The molecule has 2 fully saturated rings. The molecule has 1 aromatic carbocycles. The molecule has 2 aliphatic heterocycles. The second-order valence-electron chi connectivity index (χ2n) is 9.41. The molecule has 4 heterocycles. The number of furan rings is 1. The van der Waals surface area contributed by atoms with E-state index in [0.29, 0.717) is 36.5 Å². The van der Waals surface area contributed by atoms with Crippen molar-refractivity contribution >= 4 is 55.5 Å². The summed E-state index contributed by atoms with van der Waals surface area (Å²) in [7, 11) is 0. The van der Waals surface area contributed by atoms with Crippen LogP contribution in [0.2, 0.25) is 0 Å². The van der Waals surface area contributed by atoms with E-state index in [9.17, 15) is 14.4 Å². The number of benzene rings is 1. The SMILES string of the molecule is C=C(F)C(=O)N1CCN(c2nc(N3CC(N(CC)CC)C3)nc3cc(Br)c4ccoc4c23)C[C@@H]1CC#N. The fourth-order valence-corrected chi connectivity index (χ4v) is 5.90. The van der Waals surface area contributed by atoms with Crippen LogP contribution in [0, 0.1) is 11.3 Å². The van der Waals surface area contributed by atoms with Gasteiger partial charge < -0.3 is 19.1 Å². The molecule has 1 amide bonds. The number of carbonyl (C=O) groups excluding carboxylic acids is 1. The van der Waals surface area contributed by atoms with Crippen LogP contribution in [0.1, 0.15) is 20.3 Å². The van der Waals surface area contributed by atoms with E-state index in [4.69, 9.17) is 14.4 Å². The molecule has 2 aromatic heterocycles. The minimum Gasteiger partial charge on any atom is -0.463 e. The van der Waals surface area contributed by atoms with E-state index >= 15 is 0 Å². The first-order chi connectivity index (χ1) is 17.9. The number of hydrogen-bond donors (Lipinski definition) is 0. The first-order valence-corrected chi connectivity index (χ1v) is 13.3. The lowest BCUT2D eigenvalue weighted by Gasteiger charge is -2.45.